The van der Waals surface area contributed by atoms with Crippen LogP contribution in [-0.2, 0) is 11.3 Å². The molecule has 1 aliphatic heterocycles. The molecule has 0 unspecified atom stereocenters. The van der Waals surface area contributed by atoms with E-state index in [1.165, 1.54) is 17.3 Å². The van der Waals surface area contributed by atoms with Gasteiger partial charge in [0.05, 0.1) is 18.6 Å². The Balaban J connectivity index is 1.75. The monoisotopic (exact) mass is 383 g/mol. The third kappa shape index (κ3) is 4.17. The first-order valence-corrected chi connectivity index (χ1v) is 9.68. The molecule has 2 aromatic carbocycles. The van der Waals surface area contributed by atoms with Crippen LogP contribution in [0.25, 0.3) is 6.08 Å². The Morgan fingerprint density at radius 3 is 2.35 bits per heavy atom. The van der Waals surface area contributed by atoms with E-state index in [9.17, 15) is 4.79 Å². The van der Waals surface area contributed by atoms with E-state index in [2.05, 4.69) is 26.0 Å². The Hall–Kier alpha value is -2.11. The third-order valence-corrected chi connectivity index (χ3v) is 5.65. The van der Waals surface area contributed by atoms with Crippen molar-refractivity contribution in [3.63, 3.8) is 0 Å². The zero-order chi connectivity index (χ0) is 18.7. The van der Waals surface area contributed by atoms with E-state index >= 15 is 0 Å². The molecule has 0 radical (unpaired) electrons. The molecule has 0 saturated carbocycles. The number of carbonyl (C=O) groups excluding carboxylic acids is 1. The van der Waals surface area contributed by atoms with E-state index in [1.807, 2.05) is 42.5 Å². The third-order valence-electron chi connectivity index (χ3n) is 4.27. The van der Waals surface area contributed by atoms with Crippen molar-refractivity contribution in [2.24, 2.45) is 0 Å². The summed E-state index contributed by atoms with van der Waals surface area (Å²) in [6, 6.07) is 16.0. The van der Waals surface area contributed by atoms with E-state index in [0.29, 0.717) is 21.7 Å². The van der Waals surface area contributed by atoms with Crippen LogP contribution in [-0.4, -0.2) is 22.2 Å². The Labute approximate surface area is 164 Å². The lowest BCUT2D eigenvalue weighted by Crippen LogP contribution is -2.27. The van der Waals surface area contributed by atoms with Gasteiger partial charge in [0, 0.05) is 0 Å². The van der Waals surface area contributed by atoms with Crippen molar-refractivity contribution in [2.75, 3.05) is 7.11 Å². The van der Waals surface area contributed by atoms with Gasteiger partial charge in [0.1, 0.15) is 10.1 Å². The maximum absolute atomic E-state index is 12.7. The summed E-state index contributed by atoms with van der Waals surface area (Å²) in [4.78, 5) is 15.1. The second-order valence-corrected chi connectivity index (χ2v) is 8.11. The summed E-state index contributed by atoms with van der Waals surface area (Å²) in [7, 11) is 1.63. The smallest absolute Gasteiger partial charge is 0.266 e. The number of rotatable bonds is 5. The first-order valence-electron chi connectivity index (χ1n) is 8.46. The van der Waals surface area contributed by atoms with Gasteiger partial charge in [0.15, 0.2) is 0 Å². The van der Waals surface area contributed by atoms with Crippen molar-refractivity contribution in [1.29, 1.82) is 0 Å². The molecule has 3 nitrogen and oxygen atoms in total. The second-order valence-electron chi connectivity index (χ2n) is 6.44. The molecule has 0 bridgehead atoms. The second kappa shape index (κ2) is 8.06. The molecule has 0 N–H and O–H groups in total. The van der Waals surface area contributed by atoms with E-state index in [0.717, 1.165) is 16.9 Å². The number of hydrogen-bond donors (Lipinski definition) is 0. The Kier molecular flexibility index (Phi) is 5.79. The lowest BCUT2D eigenvalue weighted by atomic mass is 10.0. The van der Waals surface area contributed by atoms with Crippen LogP contribution in [0.5, 0.6) is 5.75 Å². The fraction of sp³-hybridized carbons (Fsp3) is 0.238. The fourth-order valence-electron chi connectivity index (χ4n) is 2.68. The molecule has 1 heterocycles. The topological polar surface area (TPSA) is 29.5 Å². The highest BCUT2D eigenvalue weighted by Gasteiger charge is 2.31. The summed E-state index contributed by atoms with van der Waals surface area (Å²) in [6.45, 7) is 4.80. The first-order chi connectivity index (χ1) is 12.5. The summed E-state index contributed by atoms with van der Waals surface area (Å²) in [5.74, 6) is 1.25. The summed E-state index contributed by atoms with van der Waals surface area (Å²) in [5, 5.41) is 0. The van der Waals surface area contributed by atoms with Gasteiger partial charge in [-0.1, -0.05) is 74.2 Å². The molecule has 0 atom stereocenters. The molecule has 1 fully saturated rings. The van der Waals surface area contributed by atoms with Crippen LogP contribution in [0.4, 0.5) is 0 Å². The van der Waals surface area contributed by atoms with E-state index < -0.39 is 0 Å². The van der Waals surface area contributed by atoms with Crippen molar-refractivity contribution < 1.29 is 9.53 Å². The molecule has 0 spiro atoms. The van der Waals surface area contributed by atoms with Gasteiger partial charge >= 0.3 is 0 Å². The summed E-state index contributed by atoms with van der Waals surface area (Å²) in [5.41, 5.74) is 3.32. The van der Waals surface area contributed by atoms with Crippen molar-refractivity contribution in [3.05, 3.63) is 70.1 Å². The molecule has 3 rings (SSSR count). The van der Waals surface area contributed by atoms with E-state index in [1.54, 1.807) is 12.0 Å². The number of amides is 1. The van der Waals surface area contributed by atoms with Gasteiger partial charge in [-0.05, 0) is 40.8 Å². The standard InChI is InChI=1S/C21H21NO2S2/c1-14(2)17-8-4-15(5-9-17)12-19-20(23)22(21(25)26-19)13-16-6-10-18(24-3)11-7-16/h4-12,14H,13H2,1-3H3. The zero-order valence-corrected chi connectivity index (χ0v) is 16.7. The highest BCUT2D eigenvalue weighted by molar-refractivity contribution is 8.26. The SMILES string of the molecule is COc1ccc(CN2C(=O)C(=Cc3ccc(C(C)C)cc3)SC2=S)cc1. The number of methoxy groups -OCH3 is 1. The number of thiocarbonyl (C=S) groups is 1. The van der Waals surface area contributed by atoms with Gasteiger partial charge in [0.2, 0.25) is 0 Å². The van der Waals surface area contributed by atoms with Crippen LogP contribution in [0.15, 0.2) is 53.4 Å². The van der Waals surface area contributed by atoms with Crippen LogP contribution in [0.1, 0.15) is 36.5 Å². The Morgan fingerprint density at radius 2 is 1.77 bits per heavy atom. The van der Waals surface area contributed by atoms with Crippen LogP contribution in [0.2, 0.25) is 0 Å². The molecule has 0 aromatic heterocycles. The molecule has 2 aromatic rings. The molecule has 26 heavy (non-hydrogen) atoms. The van der Waals surface area contributed by atoms with Crippen LogP contribution in [0, 0.1) is 0 Å². The average molecular weight is 384 g/mol. The van der Waals surface area contributed by atoms with Gasteiger partial charge in [-0.25, -0.2) is 0 Å². The molecule has 134 valence electrons. The van der Waals surface area contributed by atoms with Crippen molar-refractivity contribution in [1.82, 2.24) is 4.90 Å². The quantitative estimate of drug-likeness (QED) is 0.523. The minimum atomic E-state index is -0.0382. The molecule has 0 aliphatic carbocycles. The van der Waals surface area contributed by atoms with E-state index in [-0.39, 0.29) is 5.91 Å². The predicted octanol–water partition coefficient (Wildman–Crippen LogP) is 5.22. The molecule has 5 heteroatoms. The van der Waals surface area contributed by atoms with Crippen molar-refractivity contribution >= 4 is 40.3 Å². The predicted molar refractivity (Wildman–Crippen MR) is 112 cm³/mol. The van der Waals surface area contributed by atoms with Crippen LogP contribution >= 0.6 is 24.0 Å². The lowest BCUT2D eigenvalue weighted by Gasteiger charge is -2.14. The number of benzene rings is 2. The lowest BCUT2D eigenvalue weighted by molar-refractivity contribution is -0.122. The molecule has 1 saturated heterocycles. The summed E-state index contributed by atoms with van der Waals surface area (Å²) in [6.07, 6.45) is 1.91. The van der Waals surface area contributed by atoms with Gasteiger partial charge < -0.3 is 4.74 Å². The minimum absolute atomic E-state index is 0.0382. The Morgan fingerprint density at radius 1 is 1.12 bits per heavy atom. The van der Waals surface area contributed by atoms with Gasteiger partial charge in [-0.2, -0.15) is 0 Å². The number of nitrogens with zero attached hydrogens (tertiary/aromatic N) is 1. The maximum atomic E-state index is 12.7. The van der Waals surface area contributed by atoms with Gasteiger partial charge in [-0.3, -0.25) is 9.69 Å². The average Bonchev–Trinajstić information content (AvgIpc) is 2.90. The Bertz CT molecular complexity index is 839. The first kappa shape index (κ1) is 18.7. The normalized spacial score (nSPS) is 16.0. The number of thioether (sulfide) groups is 1. The van der Waals surface area contributed by atoms with Crippen LogP contribution < -0.4 is 4.74 Å². The van der Waals surface area contributed by atoms with E-state index in [4.69, 9.17) is 17.0 Å². The molecular weight excluding hydrogens is 362 g/mol. The summed E-state index contributed by atoms with van der Waals surface area (Å²) < 4.78 is 5.76. The largest absolute Gasteiger partial charge is 0.497 e. The highest BCUT2D eigenvalue weighted by Crippen LogP contribution is 2.34. The number of carbonyl (C=O) groups is 1. The van der Waals surface area contributed by atoms with Crippen molar-refractivity contribution in [3.8, 4) is 5.75 Å². The van der Waals surface area contributed by atoms with Crippen molar-refractivity contribution in [2.45, 2.75) is 26.3 Å². The zero-order valence-electron chi connectivity index (χ0n) is 15.1. The number of hydrogen-bond acceptors (Lipinski definition) is 4. The molecule has 1 amide bonds. The van der Waals surface area contributed by atoms with Crippen LogP contribution in [0.3, 0.4) is 0 Å². The number of ether oxygens (including phenoxy) is 1. The highest BCUT2D eigenvalue weighted by atomic mass is 32.2. The fourth-order valence-corrected chi connectivity index (χ4v) is 3.93. The molecule has 1 aliphatic rings. The van der Waals surface area contributed by atoms with Gasteiger partial charge in [-0.15, -0.1) is 0 Å². The summed E-state index contributed by atoms with van der Waals surface area (Å²) >= 11 is 6.77. The minimum Gasteiger partial charge on any atom is -0.497 e. The molecular formula is C21H21NO2S2. The maximum Gasteiger partial charge on any atom is 0.266 e. The van der Waals surface area contributed by atoms with Gasteiger partial charge in [0.25, 0.3) is 5.91 Å².